The van der Waals surface area contributed by atoms with Gasteiger partial charge in [-0.2, -0.15) is 0 Å². The lowest BCUT2D eigenvalue weighted by Crippen LogP contribution is -2.23. The topological polar surface area (TPSA) is 57.4 Å². The zero-order valence-electron chi connectivity index (χ0n) is 11.5. The minimum absolute atomic E-state index is 0.420. The van der Waals surface area contributed by atoms with Crippen molar-refractivity contribution < 1.29 is 9.47 Å². The molecular formula is C16H18N2O2. The van der Waals surface area contributed by atoms with Crippen LogP contribution in [0.15, 0.2) is 36.5 Å². The Morgan fingerprint density at radius 3 is 3.10 bits per heavy atom. The molecule has 0 radical (unpaired) electrons. The molecule has 1 aromatic heterocycles. The van der Waals surface area contributed by atoms with Crippen LogP contribution < -0.4 is 15.2 Å². The number of hydrogen-bond donors (Lipinski definition) is 1. The van der Waals surface area contributed by atoms with Gasteiger partial charge in [0.1, 0.15) is 0 Å². The Morgan fingerprint density at radius 1 is 1.40 bits per heavy atom. The normalized spacial score (nSPS) is 17.1. The minimum atomic E-state index is 0.420. The van der Waals surface area contributed by atoms with Crippen molar-refractivity contribution in [3.63, 3.8) is 0 Å². The summed E-state index contributed by atoms with van der Waals surface area (Å²) in [6.07, 6.45) is 3.61. The molecule has 1 unspecified atom stereocenters. The first-order valence-corrected chi connectivity index (χ1v) is 6.75. The van der Waals surface area contributed by atoms with Gasteiger partial charge in [0.05, 0.1) is 13.7 Å². The number of nitrogen functional groups attached to an aromatic ring is 1. The van der Waals surface area contributed by atoms with Crippen molar-refractivity contribution in [2.75, 3.05) is 19.5 Å². The van der Waals surface area contributed by atoms with Crippen LogP contribution in [-0.2, 0) is 12.8 Å². The lowest BCUT2D eigenvalue weighted by atomic mass is 9.92. The Balaban J connectivity index is 1.76. The van der Waals surface area contributed by atoms with Crippen molar-refractivity contribution in [3.8, 4) is 11.5 Å². The van der Waals surface area contributed by atoms with Gasteiger partial charge < -0.3 is 15.2 Å². The van der Waals surface area contributed by atoms with Crippen molar-refractivity contribution in [1.29, 1.82) is 0 Å². The first-order valence-electron chi connectivity index (χ1n) is 6.75. The SMILES string of the molecule is COc1cccc2c1OCC(Cc1cc(N)ccn1)C2. The second-order valence-corrected chi connectivity index (χ2v) is 5.11. The number of ether oxygens (including phenoxy) is 2. The van der Waals surface area contributed by atoms with Gasteiger partial charge in [0.25, 0.3) is 0 Å². The number of aromatic nitrogens is 1. The van der Waals surface area contributed by atoms with Gasteiger partial charge >= 0.3 is 0 Å². The number of fused-ring (bicyclic) bond motifs is 1. The zero-order valence-corrected chi connectivity index (χ0v) is 11.5. The highest BCUT2D eigenvalue weighted by Crippen LogP contribution is 2.36. The molecular weight excluding hydrogens is 252 g/mol. The van der Waals surface area contributed by atoms with Crippen LogP contribution in [0, 0.1) is 5.92 Å². The van der Waals surface area contributed by atoms with Crippen LogP contribution >= 0.6 is 0 Å². The van der Waals surface area contributed by atoms with Crippen LogP contribution in [0.3, 0.4) is 0 Å². The third-order valence-electron chi connectivity index (χ3n) is 3.59. The van der Waals surface area contributed by atoms with Gasteiger partial charge in [0.2, 0.25) is 0 Å². The number of nitrogens with two attached hydrogens (primary N) is 1. The Hall–Kier alpha value is -2.23. The summed E-state index contributed by atoms with van der Waals surface area (Å²) < 4.78 is 11.2. The predicted octanol–water partition coefficient (Wildman–Crippen LogP) is 2.47. The van der Waals surface area contributed by atoms with Crippen molar-refractivity contribution >= 4 is 5.69 Å². The largest absolute Gasteiger partial charge is 0.493 e. The number of para-hydroxylation sites is 1. The third kappa shape index (κ3) is 2.54. The Labute approximate surface area is 118 Å². The quantitative estimate of drug-likeness (QED) is 0.930. The molecule has 2 aromatic rings. The predicted molar refractivity (Wildman–Crippen MR) is 78.0 cm³/mol. The van der Waals surface area contributed by atoms with E-state index >= 15 is 0 Å². The van der Waals surface area contributed by atoms with E-state index in [-0.39, 0.29) is 0 Å². The maximum atomic E-state index is 5.88. The maximum Gasteiger partial charge on any atom is 0.164 e. The van der Waals surface area contributed by atoms with E-state index < -0.39 is 0 Å². The van der Waals surface area contributed by atoms with Crippen LogP contribution in [0.4, 0.5) is 5.69 Å². The smallest absolute Gasteiger partial charge is 0.164 e. The minimum Gasteiger partial charge on any atom is -0.493 e. The van der Waals surface area contributed by atoms with E-state index in [4.69, 9.17) is 15.2 Å². The average Bonchev–Trinajstić information content (AvgIpc) is 2.46. The van der Waals surface area contributed by atoms with Crippen LogP contribution in [0.1, 0.15) is 11.3 Å². The van der Waals surface area contributed by atoms with Gasteiger partial charge in [0.15, 0.2) is 11.5 Å². The lowest BCUT2D eigenvalue weighted by molar-refractivity contribution is 0.210. The molecule has 1 aromatic carbocycles. The maximum absolute atomic E-state index is 5.88. The monoisotopic (exact) mass is 270 g/mol. The van der Waals surface area contributed by atoms with Crippen LogP contribution in [0.25, 0.3) is 0 Å². The summed E-state index contributed by atoms with van der Waals surface area (Å²) in [5.41, 5.74) is 8.77. The molecule has 1 aliphatic heterocycles. The third-order valence-corrected chi connectivity index (χ3v) is 3.59. The van der Waals surface area contributed by atoms with Gasteiger partial charge in [-0.15, -0.1) is 0 Å². The summed E-state index contributed by atoms with van der Waals surface area (Å²) in [7, 11) is 1.67. The molecule has 2 heterocycles. The fraction of sp³-hybridized carbons (Fsp3) is 0.312. The van der Waals surface area contributed by atoms with Gasteiger partial charge in [-0.25, -0.2) is 0 Å². The van der Waals surface area contributed by atoms with E-state index in [0.29, 0.717) is 12.5 Å². The van der Waals surface area contributed by atoms with Gasteiger partial charge in [0, 0.05) is 23.5 Å². The number of hydrogen-bond acceptors (Lipinski definition) is 4. The molecule has 0 bridgehead atoms. The summed E-state index contributed by atoms with van der Waals surface area (Å²) >= 11 is 0. The first kappa shape index (κ1) is 12.8. The standard InChI is InChI=1S/C16H18N2O2/c1-19-15-4-2-3-12-7-11(10-20-16(12)15)8-14-9-13(17)5-6-18-14/h2-6,9,11H,7-8,10H2,1H3,(H2,17,18). The summed E-state index contributed by atoms with van der Waals surface area (Å²) in [6.45, 7) is 0.684. The van der Waals surface area contributed by atoms with Crippen LogP contribution in [0.2, 0.25) is 0 Å². The van der Waals surface area contributed by atoms with Crippen molar-refractivity contribution in [2.24, 2.45) is 5.92 Å². The molecule has 0 aliphatic carbocycles. The summed E-state index contributed by atoms with van der Waals surface area (Å²) in [5.74, 6) is 2.11. The summed E-state index contributed by atoms with van der Waals surface area (Å²) in [4.78, 5) is 4.36. The fourth-order valence-electron chi connectivity index (χ4n) is 2.65. The molecule has 0 saturated heterocycles. The molecule has 0 spiro atoms. The van der Waals surface area contributed by atoms with Gasteiger partial charge in [-0.05, 0) is 36.6 Å². The van der Waals surface area contributed by atoms with Crippen LogP contribution in [0.5, 0.6) is 11.5 Å². The second kappa shape index (κ2) is 5.41. The highest BCUT2D eigenvalue weighted by atomic mass is 16.5. The van der Waals surface area contributed by atoms with Crippen molar-refractivity contribution in [3.05, 3.63) is 47.8 Å². The van der Waals surface area contributed by atoms with E-state index in [1.54, 1.807) is 19.4 Å². The molecule has 104 valence electrons. The summed E-state index contributed by atoms with van der Waals surface area (Å²) in [6, 6.07) is 9.76. The van der Waals surface area contributed by atoms with Gasteiger partial charge in [-0.1, -0.05) is 12.1 Å². The molecule has 0 saturated carbocycles. The molecule has 4 heteroatoms. The number of rotatable bonds is 3. The first-order chi connectivity index (χ1) is 9.76. The molecule has 0 amide bonds. The lowest BCUT2D eigenvalue weighted by Gasteiger charge is -2.26. The highest BCUT2D eigenvalue weighted by molar-refractivity contribution is 5.48. The zero-order chi connectivity index (χ0) is 13.9. The molecule has 3 rings (SSSR count). The number of anilines is 1. The Bertz CT molecular complexity index is 613. The number of benzene rings is 1. The number of nitrogens with zero attached hydrogens (tertiary/aromatic N) is 1. The number of pyridine rings is 1. The van der Waals surface area contributed by atoms with E-state index in [0.717, 1.165) is 35.7 Å². The van der Waals surface area contributed by atoms with E-state index in [2.05, 4.69) is 11.1 Å². The molecule has 20 heavy (non-hydrogen) atoms. The Kier molecular flexibility index (Phi) is 3.46. The van der Waals surface area contributed by atoms with E-state index in [1.807, 2.05) is 18.2 Å². The molecule has 4 nitrogen and oxygen atoms in total. The molecule has 1 aliphatic rings. The highest BCUT2D eigenvalue weighted by Gasteiger charge is 2.23. The van der Waals surface area contributed by atoms with Crippen LogP contribution in [-0.4, -0.2) is 18.7 Å². The Morgan fingerprint density at radius 2 is 2.30 bits per heavy atom. The van der Waals surface area contributed by atoms with E-state index in [9.17, 15) is 0 Å². The molecule has 1 atom stereocenters. The van der Waals surface area contributed by atoms with E-state index in [1.165, 1.54) is 5.56 Å². The summed E-state index contributed by atoms with van der Waals surface area (Å²) in [5, 5.41) is 0. The average molecular weight is 270 g/mol. The number of methoxy groups -OCH3 is 1. The van der Waals surface area contributed by atoms with Crippen molar-refractivity contribution in [2.45, 2.75) is 12.8 Å². The molecule has 2 N–H and O–H groups in total. The fourth-order valence-corrected chi connectivity index (χ4v) is 2.65. The van der Waals surface area contributed by atoms with Crippen molar-refractivity contribution in [1.82, 2.24) is 4.98 Å². The van der Waals surface area contributed by atoms with Gasteiger partial charge in [-0.3, -0.25) is 4.98 Å². The second-order valence-electron chi connectivity index (χ2n) is 5.11. The molecule has 0 fully saturated rings.